The van der Waals surface area contributed by atoms with Gasteiger partial charge in [-0.3, -0.25) is 9.59 Å². The highest BCUT2D eigenvalue weighted by Gasteiger charge is 2.34. The van der Waals surface area contributed by atoms with E-state index in [2.05, 4.69) is 22.4 Å². The topological polar surface area (TPSA) is 75.2 Å². The fourth-order valence-corrected chi connectivity index (χ4v) is 2.85. The second-order valence-electron chi connectivity index (χ2n) is 4.94. The van der Waals surface area contributed by atoms with Crippen molar-refractivity contribution in [1.82, 2.24) is 15.1 Å². The highest BCUT2D eigenvalue weighted by Crippen LogP contribution is 2.22. The lowest BCUT2D eigenvalue weighted by Crippen LogP contribution is -2.29. The smallest absolute Gasteiger partial charge is 0.231 e. The Labute approximate surface area is 122 Å². The monoisotopic (exact) mass is 296 g/mol. The molecule has 0 aromatic carbocycles. The van der Waals surface area contributed by atoms with Gasteiger partial charge in [-0.15, -0.1) is 10.2 Å². The number of carbonyl (C=O) groups excluding carboxylic acids is 2. The Kier molecular flexibility index (Phi) is 5.05. The number of nitrogens with one attached hydrogen (secondary N) is 1. The molecule has 1 atom stereocenters. The Hall–Kier alpha value is -1.50. The van der Waals surface area contributed by atoms with Crippen LogP contribution in [0.25, 0.3) is 0 Å². The predicted octanol–water partition coefficient (Wildman–Crippen LogP) is 1.69. The molecule has 1 aromatic heterocycles. The summed E-state index contributed by atoms with van der Waals surface area (Å²) in [4.78, 5) is 25.7. The van der Waals surface area contributed by atoms with Crippen molar-refractivity contribution in [2.24, 2.45) is 5.92 Å². The number of aromatic nitrogens is 2. The van der Waals surface area contributed by atoms with E-state index in [1.807, 2.05) is 6.92 Å². The minimum absolute atomic E-state index is 0.0742. The number of unbranched alkanes of at least 4 members (excludes halogenated alkanes) is 1. The lowest BCUT2D eigenvalue weighted by Gasteiger charge is -2.15. The van der Waals surface area contributed by atoms with E-state index in [0.717, 1.165) is 30.8 Å². The summed E-state index contributed by atoms with van der Waals surface area (Å²) in [6.45, 7) is 5.35. The zero-order valence-corrected chi connectivity index (χ0v) is 12.7. The Morgan fingerprint density at radius 3 is 2.90 bits per heavy atom. The molecule has 2 amide bonds. The molecule has 0 unspecified atom stereocenters. The molecular weight excluding hydrogens is 276 g/mol. The van der Waals surface area contributed by atoms with Crippen LogP contribution in [0.15, 0.2) is 0 Å². The number of hydrogen-bond acceptors (Lipinski definition) is 5. The van der Waals surface area contributed by atoms with Crippen molar-refractivity contribution in [3.63, 3.8) is 0 Å². The predicted molar refractivity (Wildman–Crippen MR) is 77.5 cm³/mol. The molecule has 110 valence electrons. The molecule has 2 heterocycles. The molecule has 7 heteroatoms. The summed E-state index contributed by atoms with van der Waals surface area (Å²) in [7, 11) is 0. The Bertz CT molecular complexity index is 488. The third kappa shape index (κ3) is 3.53. The van der Waals surface area contributed by atoms with Crippen LogP contribution < -0.4 is 5.32 Å². The molecule has 0 spiro atoms. The van der Waals surface area contributed by atoms with Crippen molar-refractivity contribution in [2.45, 2.75) is 39.5 Å². The van der Waals surface area contributed by atoms with Gasteiger partial charge in [-0.05, 0) is 12.8 Å². The van der Waals surface area contributed by atoms with Crippen molar-refractivity contribution in [2.75, 3.05) is 18.4 Å². The second kappa shape index (κ2) is 6.78. The molecule has 0 radical (unpaired) electrons. The summed E-state index contributed by atoms with van der Waals surface area (Å²) in [5.41, 5.74) is 0. The van der Waals surface area contributed by atoms with Crippen LogP contribution in [0.4, 0.5) is 5.13 Å². The molecule has 2 rings (SSSR count). The van der Waals surface area contributed by atoms with E-state index in [1.165, 1.54) is 11.3 Å². The van der Waals surface area contributed by atoms with Gasteiger partial charge in [0.25, 0.3) is 0 Å². The number of carbonyl (C=O) groups is 2. The largest absolute Gasteiger partial charge is 0.342 e. The van der Waals surface area contributed by atoms with Gasteiger partial charge in [0.1, 0.15) is 5.01 Å². The van der Waals surface area contributed by atoms with Crippen LogP contribution in [-0.4, -0.2) is 40.0 Å². The molecule has 0 aliphatic carbocycles. The molecule has 1 fully saturated rings. The molecule has 1 aromatic rings. The van der Waals surface area contributed by atoms with E-state index < -0.39 is 0 Å². The van der Waals surface area contributed by atoms with Gasteiger partial charge in [0, 0.05) is 19.5 Å². The first kappa shape index (κ1) is 14.9. The Morgan fingerprint density at radius 1 is 1.45 bits per heavy atom. The van der Waals surface area contributed by atoms with Crippen molar-refractivity contribution < 1.29 is 9.59 Å². The lowest BCUT2D eigenvalue weighted by atomic mass is 10.1. The Balaban J connectivity index is 1.88. The van der Waals surface area contributed by atoms with Gasteiger partial charge < -0.3 is 10.2 Å². The molecule has 1 aliphatic heterocycles. The van der Waals surface area contributed by atoms with Crippen LogP contribution in [-0.2, 0) is 16.0 Å². The number of anilines is 1. The van der Waals surface area contributed by atoms with E-state index >= 15 is 0 Å². The minimum atomic E-state index is -0.270. The fourth-order valence-electron chi connectivity index (χ4n) is 2.17. The number of likely N-dealkylation sites (tertiary alicyclic amines) is 1. The molecule has 1 N–H and O–H groups in total. The maximum atomic E-state index is 12.1. The molecule has 20 heavy (non-hydrogen) atoms. The minimum Gasteiger partial charge on any atom is -0.342 e. The van der Waals surface area contributed by atoms with E-state index in [0.29, 0.717) is 18.1 Å². The summed E-state index contributed by atoms with van der Waals surface area (Å²) in [5.74, 6) is -0.324. The first-order valence-electron chi connectivity index (χ1n) is 7.05. The van der Waals surface area contributed by atoms with Gasteiger partial charge >= 0.3 is 0 Å². The second-order valence-corrected chi connectivity index (χ2v) is 6.00. The van der Waals surface area contributed by atoms with Gasteiger partial charge in [-0.25, -0.2) is 0 Å². The third-order valence-corrected chi connectivity index (χ3v) is 4.35. The number of rotatable bonds is 6. The maximum Gasteiger partial charge on any atom is 0.231 e. The zero-order valence-electron chi connectivity index (χ0n) is 11.9. The van der Waals surface area contributed by atoms with Crippen LogP contribution in [0.5, 0.6) is 0 Å². The number of aryl methyl sites for hydroxylation is 1. The highest BCUT2D eigenvalue weighted by atomic mass is 32.1. The van der Waals surface area contributed by atoms with Crippen LogP contribution >= 0.6 is 11.3 Å². The number of nitrogens with zero attached hydrogens (tertiary/aromatic N) is 3. The quantitative estimate of drug-likeness (QED) is 0.866. The van der Waals surface area contributed by atoms with E-state index in [1.54, 1.807) is 4.90 Å². The van der Waals surface area contributed by atoms with Crippen molar-refractivity contribution in [3.8, 4) is 0 Å². The summed E-state index contributed by atoms with van der Waals surface area (Å²) in [6.07, 6.45) is 3.14. The normalized spacial score (nSPS) is 18.6. The van der Waals surface area contributed by atoms with E-state index in [9.17, 15) is 9.59 Å². The van der Waals surface area contributed by atoms with Crippen LogP contribution in [0.2, 0.25) is 0 Å². The first-order valence-corrected chi connectivity index (χ1v) is 7.86. The van der Waals surface area contributed by atoms with Crippen LogP contribution in [0.1, 0.15) is 38.1 Å². The summed E-state index contributed by atoms with van der Waals surface area (Å²) >= 11 is 1.38. The molecule has 0 bridgehead atoms. The van der Waals surface area contributed by atoms with Crippen LogP contribution in [0, 0.1) is 5.92 Å². The van der Waals surface area contributed by atoms with Crippen molar-refractivity contribution >= 4 is 28.3 Å². The summed E-state index contributed by atoms with van der Waals surface area (Å²) < 4.78 is 0. The standard InChI is InChI=1S/C13H20N4O2S/c1-3-5-6-17-8-9(7-11(17)18)12(19)14-13-16-15-10(4-2)20-13/h9H,3-8H2,1-2H3,(H,14,16,19)/t9-/m1/s1. The zero-order chi connectivity index (χ0) is 14.5. The Morgan fingerprint density at radius 2 is 2.25 bits per heavy atom. The summed E-state index contributed by atoms with van der Waals surface area (Å²) in [6, 6.07) is 0. The number of hydrogen-bond donors (Lipinski definition) is 1. The average Bonchev–Trinajstić information content (AvgIpc) is 3.03. The third-order valence-electron chi connectivity index (χ3n) is 3.37. The van der Waals surface area contributed by atoms with Gasteiger partial charge in [0.2, 0.25) is 16.9 Å². The highest BCUT2D eigenvalue weighted by molar-refractivity contribution is 7.15. The fraction of sp³-hybridized carbons (Fsp3) is 0.692. The summed E-state index contributed by atoms with van der Waals surface area (Å²) in [5, 5.41) is 12.1. The molecule has 6 nitrogen and oxygen atoms in total. The van der Waals surface area contributed by atoms with Crippen LogP contribution in [0.3, 0.4) is 0 Å². The van der Waals surface area contributed by atoms with E-state index in [4.69, 9.17) is 0 Å². The lowest BCUT2D eigenvalue weighted by molar-refractivity contribution is -0.128. The number of amides is 2. The molecule has 1 saturated heterocycles. The van der Waals surface area contributed by atoms with Gasteiger partial charge in [-0.1, -0.05) is 31.6 Å². The van der Waals surface area contributed by atoms with Gasteiger partial charge in [0.05, 0.1) is 5.92 Å². The maximum absolute atomic E-state index is 12.1. The van der Waals surface area contributed by atoms with Gasteiger partial charge in [0.15, 0.2) is 0 Å². The first-order chi connectivity index (χ1) is 9.63. The molecule has 0 saturated carbocycles. The SMILES string of the molecule is CCCCN1C[C@H](C(=O)Nc2nnc(CC)s2)CC1=O. The molecular formula is C13H20N4O2S. The van der Waals surface area contributed by atoms with Crippen molar-refractivity contribution in [1.29, 1.82) is 0 Å². The van der Waals surface area contributed by atoms with Crippen molar-refractivity contribution in [3.05, 3.63) is 5.01 Å². The average molecular weight is 296 g/mol. The molecule has 1 aliphatic rings. The van der Waals surface area contributed by atoms with E-state index in [-0.39, 0.29) is 17.7 Å². The van der Waals surface area contributed by atoms with Gasteiger partial charge in [-0.2, -0.15) is 0 Å².